The van der Waals surface area contributed by atoms with Crippen molar-refractivity contribution in [1.29, 1.82) is 5.26 Å². The Bertz CT molecular complexity index is 2140. The monoisotopic (exact) mass is 853 g/mol. The number of hydrogen-bond acceptors (Lipinski definition) is 12. The van der Waals surface area contributed by atoms with Crippen molar-refractivity contribution in [3.63, 3.8) is 0 Å². The average Bonchev–Trinajstić information content (AvgIpc) is 3.24. The smallest absolute Gasteiger partial charge is 0.310 e. The maximum absolute atomic E-state index is 13.5. The fourth-order valence-electron chi connectivity index (χ4n) is 9.37. The first-order chi connectivity index (χ1) is 29.1. The Morgan fingerprint density at radius 3 is 2.34 bits per heavy atom. The zero-order valence-corrected chi connectivity index (χ0v) is 36.5. The van der Waals surface area contributed by atoms with Crippen LogP contribution in [0.3, 0.4) is 0 Å². The predicted molar refractivity (Wildman–Crippen MR) is 230 cm³/mol. The molecule has 0 radical (unpaired) electrons. The molecule has 2 heterocycles. The predicted octanol–water partition coefficient (Wildman–Crippen LogP) is 6.82. The minimum Gasteiger partial charge on any atom is -0.494 e. The van der Waals surface area contributed by atoms with Gasteiger partial charge in [0, 0.05) is 73.2 Å². The molecule has 2 saturated carbocycles. The standard InChI is InChI=1S/C47H56ClN5O8/c1-46(2)41(47(3,4)45(46)61-35-12-9-30(28-49)37(48)26-35)27-39(55)31-10-16-42(50-29-31)53-20-18-52(19-21-53)17-7-6-8-22-60-34-13-14-36(32(23-34)24-43(57)59-5)44(58)51-38-15-11-33(54)25-40(38)56/h9-10,12-14,16,23,26,29,38,41,45H,6-8,11,15,17-22,24-25,27H2,1-5H3,(H,51,58). The first-order valence-corrected chi connectivity index (χ1v) is 21.5. The fraction of sp³-hybridized carbons (Fsp3) is 0.511. The van der Waals surface area contributed by atoms with Gasteiger partial charge in [-0.1, -0.05) is 39.3 Å². The van der Waals surface area contributed by atoms with Gasteiger partial charge in [0.15, 0.2) is 11.6 Å². The van der Waals surface area contributed by atoms with Crippen LogP contribution in [0.2, 0.25) is 5.02 Å². The number of aromatic nitrogens is 1. The number of halogens is 1. The zero-order valence-electron chi connectivity index (χ0n) is 35.8. The van der Waals surface area contributed by atoms with Gasteiger partial charge >= 0.3 is 5.97 Å². The molecule has 1 saturated heterocycles. The lowest BCUT2D eigenvalue weighted by atomic mass is 9.44. The molecule has 2 aliphatic carbocycles. The van der Waals surface area contributed by atoms with Crippen LogP contribution in [0.1, 0.15) is 104 Å². The summed E-state index contributed by atoms with van der Waals surface area (Å²) in [6, 6.07) is 15.2. The number of benzene rings is 2. The van der Waals surface area contributed by atoms with Crippen LogP contribution in [-0.2, 0) is 25.5 Å². The Balaban J connectivity index is 0.902. The van der Waals surface area contributed by atoms with Gasteiger partial charge in [0.1, 0.15) is 35.3 Å². The number of pyridine rings is 1. The van der Waals surface area contributed by atoms with Gasteiger partial charge in [0.25, 0.3) is 5.91 Å². The molecule has 6 rings (SSSR count). The van der Waals surface area contributed by atoms with E-state index >= 15 is 0 Å². The second kappa shape index (κ2) is 19.6. The second-order valence-corrected chi connectivity index (χ2v) is 17.9. The van der Waals surface area contributed by atoms with E-state index < -0.39 is 17.9 Å². The number of Topliss-reactive ketones (excluding diaryl/α,β-unsaturated/α-hetero) is 3. The van der Waals surface area contributed by atoms with E-state index in [1.54, 1.807) is 42.6 Å². The number of rotatable bonds is 17. The van der Waals surface area contributed by atoms with Crippen LogP contribution >= 0.6 is 11.6 Å². The third kappa shape index (κ3) is 10.8. The molecule has 3 aromatic rings. The molecule has 324 valence electrons. The summed E-state index contributed by atoms with van der Waals surface area (Å²) in [5.41, 5.74) is 1.18. The van der Waals surface area contributed by atoms with Gasteiger partial charge < -0.3 is 24.4 Å². The van der Waals surface area contributed by atoms with Crippen molar-refractivity contribution in [2.45, 2.75) is 91.2 Å². The van der Waals surface area contributed by atoms with E-state index in [4.69, 9.17) is 30.8 Å². The van der Waals surface area contributed by atoms with Crippen LogP contribution in [0.5, 0.6) is 11.5 Å². The summed E-state index contributed by atoms with van der Waals surface area (Å²) in [6.45, 7) is 13.5. The van der Waals surface area contributed by atoms with Gasteiger partial charge in [-0.15, -0.1) is 0 Å². The largest absolute Gasteiger partial charge is 0.494 e. The van der Waals surface area contributed by atoms with Gasteiger partial charge in [-0.3, -0.25) is 28.9 Å². The van der Waals surface area contributed by atoms with Crippen LogP contribution in [0.4, 0.5) is 5.82 Å². The number of nitriles is 1. The van der Waals surface area contributed by atoms with Crippen LogP contribution < -0.4 is 19.7 Å². The van der Waals surface area contributed by atoms with Crippen molar-refractivity contribution in [1.82, 2.24) is 15.2 Å². The Hall–Kier alpha value is -5.32. The third-order valence-corrected chi connectivity index (χ3v) is 13.0. The highest BCUT2D eigenvalue weighted by molar-refractivity contribution is 6.31. The van der Waals surface area contributed by atoms with E-state index in [0.29, 0.717) is 46.2 Å². The number of unbranched alkanes of at least 4 members (excludes halogenated alkanes) is 2. The molecule has 3 aliphatic rings. The molecule has 1 aromatic heterocycles. The first kappa shape index (κ1) is 45.2. The quantitative estimate of drug-likeness (QED) is 0.0653. The molecule has 1 atom stereocenters. The summed E-state index contributed by atoms with van der Waals surface area (Å²) >= 11 is 6.25. The van der Waals surface area contributed by atoms with Crippen molar-refractivity contribution in [3.8, 4) is 17.6 Å². The molecule has 1 unspecified atom stereocenters. The van der Waals surface area contributed by atoms with E-state index in [2.05, 4.69) is 48.9 Å². The lowest BCUT2D eigenvalue weighted by molar-refractivity contribution is -0.196. The van der Waals surface area contributed by atoms with E-state index in [1.165, 1.54) is 7.11 Å². The van der Waals surface area contributed by atoms with Crippen molar-refractivity contribution in [2.75, 3.05) is 51.3 Å². The highest BCUT2D eigenvalue weighted by atomic mass is 35.5. The number of anilines is 1. The van der Waals surface area contributed by atoms with Crippen LogP contribution in [0.25, 0.3) is 0 Å². The summed E-state index contributed by atoms with van der Waals surface area (Å²) < 4.78 is 17.2. The molecule has 2 aromatic carbocycles. The van der Waals surface area contributed by atoms with Crippen molar-refractivity contribution < 1.29 is 38.2 Å². The Morgan fingerprint density at radius 2 is 1.69 bits per heavy atom. The summed E-state index contributed by atoms with van der Waals surface area (Å²) in [5.74, 6) is 0.762. The summed E-state index contributed by atoms with van der Waals surface area (Å²) in [4.78, 5) is 72.0. The molecule has 14 heteroatoms. The number of nitrogens with one attached hydrogen (secondary N) is 1. The molecule has 61 heavy (non-hydrogen) atoms. The number of nitrogens with zero attached hydrogens (tertiary/aromatic N) is 4. The molecular formula is C47H56ClN5O8. The summed E-state index contributed by atoms with van der Waals surface area (Å²) in [7, 11) is 1.28. The maximum Gasteiger partial charge on any atom is 0.310 e. The lowest BCUT2D eigenvalue weighted by Crippen LogP contribution is -2.66. The van der Waals surface area contributed by atoms with Gasteiger partial charge in [0.05, 0.1) is 43.2 Å². The van der Waals surface area contributed by atoms with Gasteiger partial charge in [-0.2, -0.15) is 5.26 Å². The molecule has 13 nitrogen and oxygen atoms in total. The highest BCUT2D eigenvalue weighted by Gasteiger charge is 2.63. The van der Waals surface area contributed by atoms with Gasteiger partial charge in [0.2, 0.25) is 0 Å². The Morgan fingerprint density at radius 1 is 0.951 bits per heavy atom. The number of hydrogen-bond donors (Lipinski definition) is 1. The maximum atomic E-state index is 13.5. The molecule has 1 amide bonds. The van der Waals surface area contributed by atoms with Crippen molar-refractivity contribution >= 4 is 46.6 Å². The van der Waals surface area contributed by atoms with Gasteiger partial charge in [-0.05, 0) is 86.2 Å². The first-order valence-electron chi connectivity index (χ1n) is 21.1. The molecule has 1 N–H and O–H groups in total. The van der Waals surface area contributed by atoms with Crippen molar-refractivity contribution in [2.24, 2.45) is 16.7 Å². The van der Waals surface area contributed by atoms with E-state index in [9.17, 15) is 29.2 Å². The van der Waals surface area contributed by atoms with E-state index in [-0.39, 0.29) is 71.4 Å². The summed E-state index contributed by atoms with van der Waals surface area (Å²) in [6.07, 6.45) is 4.99. The SMILES string of the molecule is COC(=O)Cc1cc(OCCCCCN2CCN(c3ccc(C(=O)CC4C(C)(C)C(Oc5ccc(C#N)c(Cl)c5)C4(C)C)cn3)CC2)ccc1C(=O)NC1CCC(=O)CC1=O. The number of esters is 1. The highest BCUT2D eigenvalue weighted by Crippen LogP contribution is 2.61. The Labute approximate surface area is 363 Å². The third-order valence-electron chi connectivity index (χ3n) is 12.7. The number of carbonyl (C=O) groups is 5. The molecule has 3 fully saturated rings. The molecule has 0 bridgehead atoms. The average molecular weight is 854 g/mol. The fourth-order valence-corrected chi connectivity index (χ4v) is 9.59. The minimum absolute atomic E-state index is 0.0662. The van der Waals surface area contributed by atoms with Crippen LogP contribution in [0, 0.1) is 28.1 Å². The zero-order chi connectivity index (χ0) is 43.9. The van der Waals surface area contributed by atoms with E-state index in [0.717, 1.165) is 57.8 Å². The molecule has 0 spiro atoms. The number of methoxy groups -OCH3 is 1. The number of amides is 1. The van der Waals surface area contributed by atoms with Crippen molar-refractivity contribution in [3.05, 3.63) is 82.0 Å². The minimum atomic E-state index is -0.727. The molecular weight excluding hydrogens is 798 g/mol. The number of ketones is 3. The van der Waals surface area contributed by atoms with E-state index in [1.807, 2.05) is 12.1 Å². The normalized spacial score (nSPS) is 20.9. The lowest BCUT2D eigenvalue weighted by Gasteiger charge is -2.63. The van der Waals surface area contributed by atoms with Crippen LogP contribution in [0.15, 0.2) is 54.7 Å². The van der Waals surface area contributed by atoms with Crippen LogP contribution in [-0.4, -0.2) is 97.7 Å². The summed E-state index contributed by atoms with van der Waals surface area (Å²) in [5, 5.41) is 12.3. The van der Waals surface area contributed by atoms with Gasteiger partial charge in [-0.25, -0.2) is 4.98 Å². The Kier molecular flexibility index (Phi) is 14.5. The number of piperazine rings is 1. The topological polar surface area (TPSA) is 168 Å². The second-order valence-electron chi connectivity index (χ2n) is 17.5. The molecule has 1 aliphatic heterocycles. The number of carbonyl (C=O) groups excluding carboxylic acids is 5. The number of ether oxygens (including phenoxy) is 3.